The molecule has 0 atom stereocenters. The fraction of sp³-hybridized carbons (Fsp3) is 0.143. The topological polar surface area (TPSA) is 29.7 Å². The largest absolute Gasteiger partial charge is 0.288 e. The number of aryl methyl sites for hydroxylation is 1. The van der Waals surface area contributed by atoms with Gasteiger partial charge >= 0.3 is 0 Å². The van der Waals surface area contributed by atoms with E-state index in [0.717, 1.165) is 10.7 Å². The summed E-state index contributed by atoms with van der Waals surface area (Å²) in [4.78, 5) is 9.60. The van der Waals surface area contributed by atoms with Crippen molar-refractivity contribution in [3.05, 3.63) is 57.8 Å². The lowest BCUT2D eigenvalue weighted by Gasteiger charge is -1.97. The van der Waals surface area contributed by atoms with Crippen LogP contribution in [0.2, 0.25) is 5.15 Å². The first kappa shape index (κ1) is 12.4. The van der Waals surface area contributed by atoms with E-state index < -0.39 is 0 Å². The van der Waals surface area contributed by atoms with E-state index in [9.17, 15) is 0 Å². The molecule has 19 heavy (non-hydrogen) atoms. The fourth-order valence-corrected chi connectivity index (χ4v) is 2.81. The van der Waals surface area contributed by atoms with Crippen LogP contribution in [0, 0.1) is 6.92 Å². The van der Waals surface area contributed by atoms with E-state index in [0.29, 0.717) is 11.7 Å². The molecule has 0 unspecified atom stereocenters. The molecule has 3 nitrogen and oxygen atoms in total. The third-order valence-electron chi connectivity index (χ3n) is 2.86. The van der Waals surface area contributed by atoms with Crippen LogP contribution in [-0.2, 0) is 6.54 Å². The maximum Gasteiger partial charge on any atom is 0.195 e. The van der Waals surface area contributed by atoms with Crippen LogP contribution in [0.1, 0.15) is 16.8 Å². The number of hydrogen-bond acceptors (Lipinski definition) is 3. The first-order valence-corrected chi connectivity index (χ1v) is 7.16. The smallest absolute Gasteiger partial charge is 0.195 e. The second-order valence-electron chi connectivity index (χ2n) is 4.30. The van der Waals surface area contributed by atoms with Crippen molar-refractivity contribution in [1.29, 1.82) is 0 Å². The summed E-state index contributed by atoms with van der Waals surface area (Å²) >= 11 is 7.65. The molecule has 0 aliphatic heterocycles. The van der Waals surface area contributed by atoms with Crippen LogP contribution in [0.3, 0.4) is 0 Å². The zero-order valence-electron chi connectivity index (χ0n) is 10.4. The number of thiazole rings is 1. The predicted molar refractivity (Wildman–Crippen MR) is 80.6 cm³/mol. The minimum absolute atomic E-state index is 0.500. The average Bonchev–Trinajstić information content (AvgIpc) is 2.94. The van der Waals surface area contributed by atoms with Crippen molar-refractivity contribution in [2.75, 3.05) is 0 Å². The molecule has 2 heterocycles. The summed E-state index contributed by atoms with van der Waals surface area (Å²) in [6.45, 7) is 2.72. The van der Waals surface area contributed by atoms with Crippen LogP contribution >= 0.6 is 22.9 Å². The Morgan fingerprint density at radius 3 is 2.95 bits per heavy atom. The molecule has 0 spiro atoms. The molecule has 2 aromatic heterocycles. The Hall–Kier alpha value is -1.65. The number of imidazole rings is 1. The Morgan fingerprint density at radius 2 is 2.16 bits per heavy atom. The van der Waals surface area contributed by atoms with Crippen LogP contribution < -0.4 is 0 Å². The number of rotatable bonds is 3. The van der Waals surface area contributed by atoms with E-state index in [1.807, 2.05) is 16.0 Å². The third kappa shape index (κ3) is 2.55. The molecule has 3 rings (SSSR count). The van der Waals surface area contributed by atoms with Gasteiger partial charge in [0.15, 0.2) is 10.1 Å². The van der Waals surface area contributed by atoms with Crippen molar-refractivity contribution in [3.8, 4) is 0 Å². The molecule has 0 saturated carbocycles. The highest BCUT2D eigenvalue weighted by atomic mass is 35.5. The number of halogens is 1. The summed E-state index contributed by atoms with van der Waals surface area (Å²) in [5.74, 6) is 0. The second-order valence-corrected chi connectivity index (χ2v) is 5.53. The molecule has 5 heteroatoms. The van der Waals surface area contributed by atoms with E-state index >= 15 is 0 Å². The zero-order valence-corrected chi connectivity index (χ0v) is 11.9. The van der Waals surface area contributed by atoms with Crippen molar-refractivity contribution in [1.82, 2.24) is 9.38 Å². The van der Waals surface area contributed by atoms with Crippen LogP contribution in [0.25, 0.3) is 4.96 Å². The van der Waals surface area contributed by atoms with E-state index in [-0.39, 0.29) is 0 Å². The molecule has 1 aromatic carbocycles. The Kier molecular flexibility index (Phi) is 3.36. The number of aromatic nitrogens is 2. The van der Waals surface area contributed by atoms with Crippen LogP contribution in [0.5, 0.6) is 0 Å². The normalized spacial score (nSPS) is 11.7. The second kappa shape index (κ2) is 5.15. The quantitative estimate of drug-likeness (QED) is 0.671. The number of hydrogen-bond donors (Lipinski definition) is 0. The summed E-state index contributed by atoms with van der Waals surface area (Å²) in [7, 11) is 0. The van der Waals surface area contributed by atoms with Crippen LogP contribution in [0.4, 0.5) is 0 Å². The van der Waals surface area contributed by atoms with Crippen molar-refractivity contribution in [2.45, 2.75) is 13.5 Å². The summed E-state index contributed by atoms with van der Waals surface area (Å²) in [5.41, 5.74) is 3.28. The summed E-state index contributed by atoms with van der Waals surface area (Å²) < 4.78 is 1.95. The molecule has 0 amide bonds. The molecular formula is C14H12ClN3S. The van der Waals surface area contributed by atoms with Crippen molar-refractivity contribution in [3.63, 3.8) is 0 Å². The van der Waals surface area contributed by atoms with Crippen molar-refractivity contribution in [2.24, 2.45) is 4.99 Å². The maximum atomic E-state index is 6.10. The van der Waals surface area contributed by atoms with E-state index in [2.05, 4.69) is 41.2 Å². The maximum absolute atomic E-state index is 6.10. The lowest BCUT2D eigenvalue weighted by atomic mass is 10.1. The van der Waals surface area contributed by atoms with Crippen molar-refractivity contribution < 1.29 is 0 Å². The SMILES string of the molecule is Cc1ccc(CN=Cc2c(Cl)nc3sccn23)cc1. The average molecular weight is 290 g/mol. The van der Waals surface area contributed by atoms with Gasteiger partial charge < -0.3 is 0 Å². The first-order chi connectivity index (χ1) is 9.24. The number of fused-ring (bicyclic) bond motifs is 1. The van der Waals surface area contributed by atoms with Gasteiger partial charge in [-0.3, -0.25) is 9.39 Å². The van der Waals surface area contributed by atoms with Gasteiger partial charge in [-0.05, 0) is 12.5 Å². The van der Waals surface area contributed by atoms with Gasteiger partial charge in [-0.2, -0.15) is 0 Å². The lowest BCUT2D eigenvalue weighted by molar-refractivity contribution is 1.07. The van der Waals surface area contributed by atoms with Crippen LogP contribution in [-0.4, -0.2) is 15.6 Å². The minimum atomic E-state index is 0.500. The minimum Gasteiger partial charge on any atom is -0.288 e. The summed E-state index contributed by atoms with van der Waals surface area (Å²) in [6, 6.07) is 8.36. The van der Waals surface area contributed by atoms with E-state index in [1.165, 1.54) is 11.1 Å². The number of benzene rings is 1. The Morgan fingerprint density at radius 1 is 1.37 bits per heavy atom. The van der Waals surface area contributed by atoms with Gasteiger partial charge in [0.25, 0.3) is 0 Å². The van der Waals surface area contributed by atoms with Crippen LogP contribution in [0.15, 0.2) is 40.8 Å². The molecule has 0 saturated heterocycles. The number of aliphatic imine (C=N–C) groups is 1. The van der Waals surface area contributed by atoms with Crippen molar-refractivity contribution >= 4 is 34.1 Å². The third-order valence-corrected chi connectivity index (χ3v) is 3.90. The van der Waals surface area contributed by atoms with Gasteiger partial charge in [0.05, 0.1) is 6.54 Å². The Balaban J connectivity index is 1.80. The molecule has 0 aliphatic carbocycles. The first-order valence-electron chi connectivity index (χ1n) is 5.90. The van der Waals surface area contributed by atoms with E-state index in [4.69, 9.17) is 11.6 Å². The Bertz CT molecular complexity index is 725. The van der Waals surface area contributed by atoms with Gasteiger partial charge in [-0.1, -0.05) is 41.4 Å². The highest BCUT2D eigenvalue weighted by molar-refractivity contribution is 7.15. The predicted octanol–water partition coefficient (Wildman–Crippen LogP) is 3.98. The zero-order chi connectivity index (χ0) is 13.2. The standard InChI is InChI=1S/C14H12ClN3S/c1-10-2-4-11(5-3-10)8-16-9-12-13(15)17-14-18(12)6-7-19-14/h2-7,9H,8H2,1H3. The molecule has 0 N–H and O–H groups in total. The molecular weight excluding hydrogens is 278 g/mol. The number of nitrogens with zero attached hydrogens (tertiary/aromatic N) is 3. The molecule has 96 valence electrons. The van der Waals surface area contributed by atoms with Gasteiger partial charge in [0.1, 0.15) is 5.69 Å². The molecule has 0 aliphatic rings. The van der Waals surface area contributed by atoms with Gasteiger partial charge in [-0.15, -0.1) is 11.3 Å². The van der Waals surface area contributed by atoms with E-state index in [1.54, 1.807) is 17.6 Å². The Labute approximate surface area is 120 Å². The van der Waals surface area contributed by atoms with Gasteiger partial charge in [0.2, 0.25) is 0 Å². The van der Waals surface area contributed by atoms with Gasteiger partial charge in [0, 0.05) is 17.8 Å². The monoisotopic (exact) mass is 289 g/mol. The lowest BCUT2D eigenvalue weighted by Crippen LogP contribution is -1.89. The highest BCUT2D eigenvalue weighted by Gasteiger charge is 2.08. The molecule has 0 fully saturated rings. The molecule has 0 bridgehead atoms. The molecule has 3 aromatic rings. The molecule has 0 radical (unpaired) electrons. The highest BCUT2D eigenvalue weighted by Crippen LogP contribution is 2.19. The van der Waals surface area contributed by atoms with Gasteiger partial charge in [-0.25, -0.2) is 4.98 Å². The fourth-order valence-electron chi connectivity index (χ4n) is 1.82. The summed E-state index contributed by atoms with van der Waals surface area (Å²) in [5, 5.41) is 2.48. The summed E-state index contributed by atoms with van der Waals surface area (Å²) in [6.07, 6.45) is 3.74.